The summed E-state index contributed by atoms with van der Waals surface area (Å²) in [6, 6.07) is 15.6. The summed E-state index contributed by atoms with van der Waals surface area (Å²) in [6.45, 7) is 0.320. The van der Waals surface area contributed by atoms with Gasteiger partial charge in [0.1, 0.15) is 11.6 Å². The topological polar surface area (TPSA) is 87.1 Å². The van der Waals surface area contributed by atoms with Gasteiger partial charge in [-0.05, 0) is 41.5 Å². The minimum atomic E-state index is -0.288. The first kappa shape index (κ1) is 17.8. The average molecular weight is 376 g/mol. The Labute approximate surface area is 160 Å². The molecule has 4 rings (SSSR count). The monoisotopic (exact) mass is 376 g/mol. The molecule has 0 aliphatic rings. The van der Waals surface area contributed by atoms with Gasteiger partial charge in [0, 0.05) is 30.0 Å². The molecule has 7 heteroatoms. The second-order valence-corrected chi connectivity index (χ2v) is 6.18. The smallest absolute Gasteiger partial charge is 0.258 e. The summed E-state index contributed by atoms with van der Waals surface area (Å²) in [5, 5.41) is 4.00. The maximum atomic E-state index is 14.2. The van der Waals surface area contributed by atoms with Crippen molar-refractivity contribution in [1.29, 1.82) is 0 Å². The summed E-state index contributed by atoms with van der Waals surface area (Å²) in [6.07, 6.45) is 1.58. The van der Waals surface area contributed by atoms with Gasteiger partial charge in [0.2, 0.25) is 5.82 Å². The van der Waals surface area contributed by atoms with Crippen molar-refractivity contribution < 1.29 is 13.7 Å². The molecular formula is C21H17FN4O2. The number of ether oxygens (including phenoxy) is 1. The van der Waals surface area contributed by atoms with Crippen molar-refractivity contribution in [1.82, 2.24) is 15.1 Å². The maximum Gasteiger partial charge on any atom is 0.258 e. The molecule has 28 heavy (non-hydrogen) atoms. The predicted molar refractivity (Wildman–Crippen MR) is 103 cm³/mol. The quantitative estimate of drug-likeness (QED) is 0.558. The van der Waals surface area contributed by atoms with Crippen molar-refractivity contribution in [3.63, 3.8) is 0 Å². The zero-order valence-electron chi connectivity index (χ0n) is 15.1. The van der Waals surface area contributed by atoms with Crippen LogP contribution in [0.15, 0.2) is 65.3 Å². The maximum absolute atomic E-state index is 14.2. The zero-order valence-corrected chi connectivity index (χ0v) is 15.1. The van der Waals surface area contributed by atoms with Gasteiger partial charge in [-0.1, -0.05) is 29.4 Å². The molecule has 4 aromatic rings. The molecule has 0 radical (unpaired) electrons. The molecule has 0 aliphatic carbocycles. The molecule has 0 aliphatic heterocycles. The Balaban J connectivity index is 1.72. The Bertz CT molecular complexity index is 1110. The molecule has 0 amide bonds. The SMILES string of the molecule is COCc1cc(-c2nc(-c3ccc(N)nc3)no2)ccc1-c1ccccc1F. The average Bonchev–Trinajstić information content (AvgIpc) is 3.20. The van der Waals surface area contributed by atoms with Crippen molar-refractivity contribution in [3.05, 3.63) is 72.2 Å². The fourth-order valence-corrected chi connectivity index (χ4v) is 2.94. The van der Waals surface area contributed by atoms with Crippen molar-refractivity contribution in [2.24, 2.45) is 0 Å². The van der Waals surface area contributed by atoms with Crippen LogP contribution in [0, 0.1) is 5.82 Å². The van der Waals surface area contributed by atoms with Crippen molar-refractivity contribution in [3.8, 4) is 34.0 Å². The number of nitrogen functional groups attached to an aromatic ring is 1. The van der Waals surface area contributed by atoms with Crippen LogP contribution in [0.25, 0.3) is 34.0 Å². The van der Waals surface area contributed by atoms with Gasteiger partial charge in [-0.3, -0.25) is 0 Å². The van der Waals surface area contributed by atoms with Gasteiger partial charge in [-0.15, -0.1) is 0 Å². The van der Waals surface area contributed by atoms with Crippen LogP contribution in [-0.4, -0.2) is 22.2 Å². The number of nitrogens with zero attached hydrogens (tertiary/aromatic N) is 3. The molecule has 0 unspecified atom stereocenters. The predicted octanol–water partition coefficient (Wildman–Crippen LogP) is 4.33. The molecule has 0 bridgehead atoms. The van der Waals surface area contributed by atoms with Crippen LogP contribution >= 0.6 is 0 Å². The molecule has 0 saturated heterocycles. The Hall–Kier alpha value is -3.58. The van der Waals surface area contributed by atoms with E-state index >= 15 is 0 Å². The van der Waals surface area contributed by atoms with Crippen LogP contribution in [0.2, 0.25) is 0 Å². The second-order valence-electron chi connectivity index (χ2n) is 6.18. The molecular weight excluding hydrogens is 359 g/mol. The van der Waals surface area contributed by atoms with E-state index in [9.17, 15) is 4.39 Å². The van der Waals surface area contributed by atoms with E-state index in [1.165, 1.54) is 6.07 Å². The van der Waals surface area contributed by atoms with E-state index in [1.807, 2.05) is 18.2 Å². The summed E-state index contributed by atoms with van der Waals surface area (Å²) in [5.74, 6) is 0.891. The van der Waals surface area contributed by atoms with Gasteiger partial charge < -0.3 is 15.0 Å². The third-order valence-corrected chi connectivity index (χ3v) is 4.29. The van der Waals surface area contributed by atoms with Crippen LogP contribution in [0.1, 0.15) is 5.56 Å². The van der Waals surface area contributed by atoms with Crippen LogP contribution in [0.3, 0.4) is 0 Å². The number of hydrogen-bond acceptors (Lipinski definition) is 6. The Morgan fingerprint density at radius 2 is 1.86 bits per heavy atom. The fraction of sp³-hybridized carbons (Fsp3) is 0.0952. The van der Waals surface area contributed by atoms with Gasteiger partial charge in [-0.25, -0.2) is 9.37 Å². The first-order valence-electron chi connectivity index (χ1n) is 8.58. The number of nitrogens with two attached hydrogens (primary N) is 1. The molecule has 2 aromatic carbocycles. The third kappa shape index (κ3) is 3.47. The van der Waals surface area contributed by atoms with E-state index in [-0.39, 0.29) is 5.82 Å². The highest BCUT2D eigenvalue weighted by Crippen LogP contribution is 2.31. The van der Waals surface area contributed by atoms with E-state index in [0.717, 1.165) is 11.1 Å². The van der Waals surface area contributed by atoms with Gasteiger partial charge >= 0.3 is 0 Å². The first-order chi connectivity index (χ1) is 13.7. The van der Waals surface area contributed by atoms with Crippen molar-refractivity contribution in [2.75, 3.05) is 12.8 Å². The molecule has 6 nitrogen and oxygen atoms in total. The van der Waals surface area contributed by atoms with Crippen LogP contribution in [0.5, 0.6) is 0 Å². The number of aromatic nitrogens is 3. The molecule has 2 N–H and O–H groups in total. The summed E-state index contributed by atoms with van der Waals surface area (Å²) >= 11 is 0. The largest absolute Gasteiger partial charge is 0.384 e. The lowest BCUT2D eigenvalue weighted by atomic mass is 9.97. The molecule has 0 atom stereocenters. The third-order valence-electron chi connectivity index (χ3n) is 4.29. The Morgan fingerprint density at radius 3 is 2.61 bits per heavy atom. The van der Waals surface area contributed by atoms with Gasteiger partial charge in [-0.2, -0.15) is 4.98 Å². The number of methoxy groups -OCH3 is 1. The van der Waals surface area contributed by atoms with Gasteiger partial charge in [0.15, 0.2) is 0 Å². The highest BCUT2D eigenvalue weighted by molar-refractivity contribution is 5.72. The number of halogens is 1. The van der Waals surface area contributed by atoms with Gasteiger partial charge in [0.05, 0.1) is 6.61 Å². The van der Waals surface area contributed by atoms with Crippen LogP contribution in [0.4, 0.5) is 10.2 Å². The van der Waals surface area contributed by atoms with E-state index in [4.69, 9.17) is 15.0 Å². The van der Waals surface area contributed by atoms with Crippen LogP contribution < -0.4 is 5.73 Å². The highest BCUT2D eigenvalue weighted by Gasteiger charge is 2.15. The number of pyridine rings is 1. The molecule has 2 heterocycles. The number of hydrogen-bond donors (Lipinski definition) is 1. The molecule has 0 fully saturated rings. The normalized spacial score (nSPS) is 10.9. The van der Waals surface area contributed by atoms with Crippen LogP contribution in [-0.2, 0) is 11.3 Å². The summed E-state index contributed by atoms with van der Waals surface area (Å²) in [5.41, 5.74) is 9.11. The summed E-state index contributed by atoms with van der Waals surface area (Å²) in [4.78, 5) is 8.46. The lowest BCUT2D eigenvalue weighted by molar-refractivity contribution is 0.185. The number of rotatable bonds is 5. The standard InChI is InChI=1S/C21H17FN4O2/c1-27-12-15-10-13(6-8-16(15)17-4-2-3-5-18(17)22)21-25-20(26-28-21)14-7-9-19(23)24-11-14/h2-11H,12H2,1H3,(H2,23,24). The fourth-order valence-electron chi connectivity index (χ4n) is 2.94. The molecule has 2 aromatic heterocycles. The lowest BCUT2D eigenvalue weighted by Crippen LogP contribution is -1.95. The number of benzene rings is 2. The van der Waals surface area contributed by atoms with E-state index in [1.54, 1.807) is 43.6 Å². The minimum Gasteiger partial charge on any atom is -0.384 e. The highest BCUT2D eigenvalue weighted by atomic mass is 19.1. The van der Waals surface area contributed by atoms with Gasteiger partial charge in [0.25, 0.3) is 5.89 Å². The first-order valence-corrected chi connectivity index (χ1v) is 8.58. The van der Waals surface area contributed by atoms with E-state index in [0.29, 0.717) is 40.8 Å². The van der Waals surface area contributed by atoms with E-state index in [2.05, 4.69) is 15.1 Å². The zero-order chi connectivity index (χ0) is 19.5. The van der Waals surface area contributed by atoms with Crippen molar-refractivity contribution in [2.45, 2.75) is 6.61 Å². The lowest BCUT2D eigenvalue weighted by Gasteiger charge is -2.11. The number of anilines is 1. The molecule has 0 saturated carbocycles. The minimum absolute atomic E-state index is 0.288. The second kappa shape index (κ2) is 7.58. The van der Waals surface area contributed by atoms with Crippen molar-refractivity contribution >= 4 is 5.82 Å². The molecule has 140 valence electrons. The summed E-state index contributed by atoms with van der Waals surface area (Å²) < 4.78 is 24.9. The van der Waals surface area contributed by atoms with E-state index < -0.39 is 0 Å². The Kier molecular flexibility index (Phi) is 4.82. The summed E-state index contributed by atoms with van der Waals surface area (Å²) in [7, 11) is 1.59. The molecule has 0 spiro atoms. The Morgan fingerprint density at radius 1 is 1.04 bits per heavy atom.